The topological polar surface area (TPSA) is 99.6 Å². The Morgan fingerprint density at radius 1 is 1.16 bits per heavy atom. The molecule has 1 aromatic heterocycles. The second-order valence-corrected chi connectivity index (χ2v) is 7.31. The average Bonchev–Trinajstić information content (AvgIpc) is 3.31. The molecule has 3 aromatic carbocycles. The Kier molecular flexibility index (Phi) is 6.46. The maximum absolute atomic E-state index is 12.5. The van der Waals surface area contributed by atoms with Gasteiger partial charge in [0.15, 0.2) is 0 Å². The van der Waals surface area contributed by atoms with Crippen molar-refractivity contribution in [3.8, 4) is 22.8 Å². The summed E-state index contributed by atoms with van der Waals surface area (Å²) in [5.41, 5.74) is 4.80. The predicted octanol–water partition coefficient (Wildman–Crippen LogP) is 4.88. The molecule has 7 nitrogen and oxygen atoms in total. The van der Waals surface area contributed by atoms with E-state index < -0.39 is 5.91 Å². The molecule has 0 radical (unpaired) electrons. The van der Waals surface area contributed by atoms with Crippen molar-refractivity contribution in [1.82, 2.24) is 15.6 Å². The molecule has 0 unspecified atom stereocenters. The summed E-state index contributed by atoms with van der Waals surface area (Å²) in [5.74, 6) is 0.466. The fourth-order valence-electron chi connectivity index (χ4n) is 3.28. The number of fused-ring (bicyclic) bond motifs is 1. The highest BCUT2D eigenvalue weighted by Gasteiger charge is 2.11. The summed E-state index contributed by atoms with van der Waals surface area (Å²) >= 11 is 0. The lowest BCUT2D eigenvalue weighted by atomic mass is 10.0. The van der Waals surface area contributed by atoms with Crippen LogP contribution in [0.1, 0.15) is 35.8 Å². The fraction of sp³-hybridized carbons (Fsp3) is 0.160. The van der Waals surface area contributed by atoms with Crippen LogP contribution in [-0.2, 0) is 0 Å². The van der Waals surface area contributed by atoms with Crippen molar-refractivity contribution in [2.24, 2.45) is 5.10 Å². The number of hydrazone groups is 1. The zero-order valence-electron chi connectivity index (χ0n) is 17.7. The molecule has 0 bridgehead atoms. The van der Waals surface area contributed by atoms with E-state index in [2.05, 4.69) is 27.6 Å². The lowest BCUT2D eigenvalue weighted by Gasteiger charge is -2.05. The van der Waals surface area contributed by atoms with Crippen molar-refractivity contribution in [3.05, 3.63) is 78.0 Å². The van der Waals surface area contributed by atoms with Gasteiger partial charge < -0.3 is 9.84 Å². The van der Waals surface area contributed by atoms with Crippen molar-refractivity contribution in [1.29, 1.82) is 0 Å². The van der Waals surface area contributed by atoms with Gasteiger partial charge in [-0.1, -0.05) is 43.7 Å². The zero-order valence-corrected chi connectivity index (χ0v) is 17.7. The summed E-state index contributed by atoms with van der Waals surface area (Å²) in [6, 6.07) is 20.3. The summed E-state index contributed by atoms with van der Waals surface area (Å²) in [6.07, 6.45) is 3.54. The highest BCUT2D eigenvalue weighted by Crippen LogP contribution is 2.25. The number of rotatable bonds is 8. The van der Waals surface area contributed by atoms with Gasteiger partial charge in [0.1, 0.15) is 17.2 Å². The third kappa shape index (κ3) is 4.78. The molecule has 3 N–H and O–H groups in total. The third-order valence-corrected chi connectivity index (χ3v) is 5.05. The van der Waals surface area contributed by atoms with E-state index in [1.165, 1.54) is 6.21 Å². The van der Waals surface area contributed by atoms with Gasteiger partial charge in [0, 0.05) is 11.1 Å². The number of aromatic amines is 1. The van der Waals surface area contributed by atoms with Gasteiger partial charge in [0.25, 0.3) is 5.91 Å². The van der Waals surface area contributed by atoms with Crippen LogP contribution in [-0.4, -0.2) is 34.0 Å². The minimum Gasteiger partial charge on any atom is -0.507 e. The van der Waals surface area contributed by atoms with Crippen molar-refractivity contribution >= 4 is 22.9 Å². The van der Waals surface area contributed by atoms with Crippen LogP contribution in [0.4, 0.5) is 0 Å². The Bertz CT molecular complexity index is 1250. The van der Waals surface area contributed by atoms with Gasteiger partial charge >= 0.3 is 0 Å². The third-order valence-electron chi connectivity index (χ3n) is 5.05. The predicted molar refractivity (Wildman–Crippen MR) is 125 cm³/mol. The molecule has 1 heterocycles. The molecule has 0 atom stereocenters. The van der Waals surface area contributed by atoms with Crippen LogP contribution in [0.2, 0.25) is 0 Å². The number of carbonyl (C=O) groups is 1. The number of hydrogen-bond donors (Lipinski definition) is 3. The second-order valence-electron chi connectivity index (χ2n) is 7.31. The molecule has 4 rings (SSSR count). The summed E-state index contributed by atoms with van der Waals surface area (Å²) in [6.45, 7) is 2.82. The number of ether oxygens (including phenoxy) is 1. The van der Waals surface area contributed by atoms with Crippen LogP contribution in [0, 0.1) is 0 Å². The summed E-state index contributed by atoms with van der Waals surface area (Å²) in [7, 11) is 0. The van der Waals surface area contributed by atoms with Crippen molar-refractivity contribution < 1.29 is 14.6 Å². The first kappa shape index (κ1) is 21.1. The summed E-state index contributed by atoms with van der Waals surface area (Å²) in [5, 5.41) is 22.9. The Balaban J connectivity index is 1.42. The smallest absolute Gasteiger partial charge is 0.289 e. The normalized spacial score (nSPS) is 11.2. The number of phenolic OH excluding ortho intramolecular Hbond substituents is 1. The van der Waals surface area contributed by atoms with E-state index >= 15 is 0 Å². The SMILES string of the molecule is CCCCOc1ccc(-c2cc(C(=O)NN=Cc3c(O)ccc4ccccc34)[nH]n2)cc1. The van der Waals surface area contributed by atoms with E-state index in [0.717, 1.165) is 34.9 Å². The molecule has 0 saturated heterocycles. The van der Waals surface area contributed by atoms with Gasteiger partial charge in [-0.15, -0.1) is 0 Å². The van der Waals surface area contributed by atoms with Crippen LogP contribution in [0.15, 0.2) is 71.8 Å². The maximum atomic E-state index is 12.5. The first-order chi connectivity index (χ1) is 15.7. The van der Waals surface area contributed by atoms with Gasteiger partial charge in [-0.3, -0.25) is 9.89 Å². The largest absolute Gasteiger partial charge is 0.507 e. The standard InChI is InChI=1S/C25H24N4O3/c1-2-3-14-32-19-11-8-18(9-12-19)22-15-23(28-27-22)25(31)29-26-16-21-20-7-5-4-6-17(20)10-13-24(21)30/h4-13,15-16,30H,2-3,14H2,1H3,(H,27,28)(H,29,31). The molecule has 4 aromatic rings. The molecule has 162 valence electrons. The Morgan fingerprint density at radius 2 is 1.97 bits per heavy atom. The first-order valence-corrected chi connectivity index (χ1v) is 10.5. The molecule has 0 aliphatic carbocycles. The highest BCUT2D eigenvalue weighted by molar-refractivity contribution is 6.03. The molecule has 0 fully saturated rings. The Labute approximate surface area is 185 Å². The van der Waals surface area contributed by atoms with Gasteiger partial charge in [-0.25, -0.2) is 5.43 Å². The van der Waals surface area contributed by atoms with Crippen LogP contribution in [0.3, 0.4) is 0 Å². The van der Waals surface area contributed by atoms with Gasteiger partial charge in [0.05, 0.1) is 18.5 Å². The van der Waals surface area contributed by atoms with Gasteiger partial charge in [-0.2, -0.15) is 10.2 Å². The molecular formula is C25H24N4O3. The second kappa shape index (κ2) is 9.78. The molecule has 0 saturated carbocycles. The van der Waals surface area contributed by atoms with Crippen molar-refractivity contribution in [2.75, 3.05) is 6.61 Å². The number of benzene rings is 3. The van der Waals surface area contributed by atoms with Gasteiger partial charge in [-0.05, 0) is 53.6 Å². The van der Waals surface area contributed by atoms with E-state index in [1.807, 2.05) is 54.6 Å². The number of phenols is 1. The number of hydrogen-bond acceptors (Lipinski definition) is 5. The number of nitrogens with zero attached hydrogens (tertiary/aromatic N) is 2. The quantitative estimate of drug-likeness (QED) is 0.212. The first-order valence-electron chi connectivity index (χ1n) is 10.5. The van der Waals surface area contributed by atoms with E-state index in [1.54, 1.807) is 12.1 Å². The number of aromatic nitrogens is 2. The molecule has 32 heavy (non-hydrogen) atoms. The molecule has 0 aliphatic rings. The minimum atomic E-state index is -0.431. The van der Waals surface area contributed by atoms with Gasteiger partial charge in [0.2, 0.25) is 0 Å². The number of H-pyrrole nitrogens is 1. The summed E-state index contributed by atoms with van der Waals surface area (Å²) < 4.78 is 5.67. The number of aromatic hydroxyl groups is 1. The summed E-state index contributed by atoms with van der Waals surface area (Å²) in [4.78, 5) is 12.5. The number of carbonyl (C=O) groups excluding carboxylic acids is 1. The Hall–Kier alpha value is -4.13. The van der Waals surface area contributed by atoms with Crippen LogP contribution in [0.5, 0.6) is 11.5 Å². The molecule has 1 amide bonds. The van der Waals surface area contributed by atoms with Crippen LogP contribution < -0.4 is 10.2 Å². The molecule has 0 spiro atoms. The maximum Gasteiger partial charge on any atom is 0.289 e. The number of unbranched alkanes of at least 4 members (excludes halogenated alkanes) is 1. The van der Waals surface area contributed by atoms with Crippen LogP contribution >= 0.6 is 0 Å². The fourth-order valence-corrected chi connectivity index (χ4v) is 3.28. The van der Waals surface area contributed by atoms with E-state index in [0.29, 0.717) is 17.9 Å². The van der Waals surface area contributed by atoms with Crippen molar-refractivity contribution in [2.45, 2.75) is 19.8 Å². The number of nitrogens with one attached hydrogen (secondary N) is 2. The minimum absolute atomic E-state index is 0.0904. The van der Waals surface area contributed by atoms with E-state index in [-0.39, 0.29) is 11.4 Å². The lowest BCUT2D eigenvalue weighted by molar-refractivity contribution is 0.0950. The van der Waals surface area contributed by atoms with Crippen LogP contribution in [0.25, 0.3) is 22.0 Å². The zero-order chi connectivity index (χ0) is 22.3. The van der Waals surface area contributed by atoms with E-state index in [9.17, 15) is 9.90 Å². The Morgan fingerprint density at radius 3 is 2.78 bits per heavy atom. The van der Waals surface area contributed by atoms with E-state index in [4.69, 9.17) is 4.74 Å². The monoisotopic (exact) mass is 428 g/mol. The molecule has 0 aliphatic heterocycles. The highest BCUT2D eigenvalue weighted by atomic mass is 16.5. The lowest BCUT2D eigenvalue weighted by Crippen LogP contribution is -2.18. The molecule has 7 heteroatoms. The molecular weight excluding hydrogens is 404 g/mol. The average molecular weight is 428 g/mol. The van der Waals surface area contributed by atoms with Crippen molar-refractivity contribution in [3.63, 3.8) is 0 Å². The number of amides is 1.